The number of nitrogens with two attached hydrogens (primary N) is 2. The van der Waals surface area contributed by atoms with Crippen molar-refractivity contribution in [2.24, 2.45) is 5.73 Å². The van der Waals surface area contributed by atoms with Gasteiger partial charge in [-0.05, 0) is 45.8 Å². The summed E-state index contributed by atoms with van der Waals surface area (Å²) in [6.07, 6.45) is 0. The van der Waals surface area contributed by atoms with E-state index in [1.165, 1.54) is 16.2 Å². The number of thiophene rings is 1. The summed E-state index contributed by atoms with van der Waals surface area (Å²) in [5.41, 5.74) is 12.4. The molecule has 110 valence electrons. The van der Waals surface area contributed by atoms with E-state index in [0.29, 0.717) is 10.6 Å². The van der Waals surface area contributed by atoms with E-state index >= 15 is 0 Å². The minimum Gasteiger partial charge on any atom is -0.399 e. The number of nitrogen functional groups attached to an aromatic ring is 1. The largest absolute Gasteiger partial charge is 0.399 e. The number of amides is 2. The molecule has 0 fully saturated rings. The number of rotatable bonds is 5. The number of anilines is 1. The molecule has 0 bridgehead atoms. The highest BCUT2D eigenvalue weighted by atomic mass is 79.9. The van der Waals surface area contributed by atoms with Crippen LogP contribution in [0.15, 0.2) is 40.2 Å². The summed E-state index contributed by atoms with van der Waals surface area (Å²) in [4.78, 5) is 25.6. The molecule has 0 saturated heterocycles. The van der Waals surface area contributed by atoms with Crippen molar-refractivity contribution < 1.29 is 9.59 Å². The number of halogens is 1. The molecule has 21 heavy (non-hydrogen) atoms. The first-order valence-electron chi connectivity index (χ1n) is 6.13. The van der Waals surface area contributed by atoms with Crippen molar-refractivity contribution in [3.8, 4) is 0 Å². The molecule has 2 rings (SSSR count). The van der Waals surface area contributed by atoms with E-state index in [0.717, 1.165) is 9.35 Å². The summed E-state index contributed by atoms with van der Waals surface area (Å²) in [5, 5.41) is 0. The molecule has 5 nitrogen and oxygen atoms in total. The average molecular weight is 368 g/mol. The number of benzene rings is 1. The highest BCUT2D eigenvalue weighted by molar-refractivity contribution is 9.11. The molecule has 0 aliphatic carbocycles. The van der Waals surface area contributed by atoms with Crippen LogP contribution < -0.4 is 11.5 Å². The molecule has 0 aliphatic heterocycles. The SMILES string of the molecule is NC(=O)CN(Cc1cccc(N)c1)C(=O)c1ccc(Br)s1. The van der Waals surface area contributed by atoms with Crippen LogP contribution in [0.3, 0.4) is 0 Å². The first kappa shape index (κ1) is 15.5. The summed E-state index contributed by atoms with van der Waals surface area (Å²) in [7, 11) is 0. The Morgan fingerprint density at radius 2 is 2.00 bits per heavy atom. The van der Waals surface area contributed by atoms with Crippen LogP contribution in [0.4, 0.5) is 5.69 Å². The van der Waals surface area contributed by atoms with E-state index in [1.54, 1.807) is 30.3 Å². The fourth-order valence-corrected chi connectivity index (χ4v) is 3.24. The lowest BCUT2D eigenvalue weighted by Crippen LogP contribution is -2.37. The van der Waals surface area contributed by atoms with Gasteiger partial charge in [0.2, 0.25) is 5.91 Å². The zero-order valence-corrected chi connectivity index (χ0v) is 13.5. The Labute approximate surface area is 134 Å². The molecule has 0 spiro atoms. The van der Waals surface area contributed by atoms with Gasteiger partial charge in [-0.1, -0.05) is 12.1 Å². The minimum atomic E-state index is -0.553. The number of primary amides is 1. The van der Waals surface area contributed by atoms with Crippen molar-refractivity contribution in [2.45, 2.75) is 6.54 Å². The number of hydrogen-bond donors (Lipinski definition) is 2. The van der Waals surface area contributed by atoms with Gasteiger partial charge in [-0.15, -0.1) is 11.3 Å². The summed E-state index contributed by atoms with van der Waals surface area (Å²) in [6, 6.07) is 10.7. The van der Waals surface area contributed by atoms with Gasteiger partial charge < -0.3 is 16.4 Å². The lowest BCUT2D eigenvalue weighted by molar-refractivity contribution is -0.118. The van der Waals surface area contributed by atoms with Crippen LogP contribution >= 0.6 is 27.3 Å². The molecule has 0 aliphatic rings. The van der Waals surface area contributed by atoms with Crippen molar-refractivity contribution in [2.75, 3.05) is 12.3 Å². The highest BCUT2D eigenvalue weighted by Crippen LogP contribution is 2.24. The van der Waals surface area contributed by atoms with Crippen LogP contribution in [0, 0.1) is 0 Å². The molecule has 1 aromatic heterocycles. The van der Waals surface area contributed by atoms with Gasteiger partial charge >= 0.3 is 0 Å². The fourth-order valence-electron chi connectivity index (χ4n) is 1.88. The third-order valence-electron chi connectivity index (χ3n) is 2.74. The number of nitrogens with zero attached hydrogens (tertiary/aromatic N) is 1. The Balaban J connectivity index is 2.21. The number of carbonyl (C=O) groups excluding carboxylic acids is 2. The van der Waals surface area contributed by atoms with Crippen molar-refractivity contribution in [1.82, 2.24) is 4.90 Å². The second-order valence-corrected chi connectivity index (χ2v) is 6.94. The van der Waals surface area contributed by atoms with Gasteiger partial charge in [0, 0.05) is 12.2 Å². The molecule has 0 saturated carbocycles. The second kappa shape index (κ2) is 6.73. The van der Waals surface area contributed by atoms with E-state index in [2.05, 4.69) is 15.9 Å². The first-order valence-corrected chi connectivity index (χ1v) is 7.74. The summed E-state index contributed by atoms with van der Waals surface area (Å²) in [5.74, 6) is -0.783. The maximum absolute atomic E-state index is 12.5. The minimum absolute atomic E-state index is 0.136. The quantitative estimate of drug-likeness (QED) is 0.793. The van der Waals surface area contributed by atoms with E-state index in [-0.39, 0.29) is 19.0 Å². The van der Waals surface area contributed by atoms with E-state index in [1.807, 2.05) is 6.07 Å². The van der Waals surface area contributed by atoms with Gasteiger partial charge in [-0.2, -0.15) is 0 Å². The third kappa shape index (κ3) is 4.30. The van der Waals surface area contributed by atoms with Crippen molar-refractivity contribution in [1.29, 1.82) is 0 Å². The van der Waals surface area contributed by atoms with Gasteiger partial charge in [-0.25, -0.2) is 0 Å². The predicted octanol–water partition coefficient (Wildman–Crippen LogP) is 2.22. The van der Waals surface area contributed by atoms with Gasteiger partial charge in [0.15, 0.2) is 0 Å². The molecule has 1 heterocycles. The molecule has 2 aromatic rings. The predicted molar refractivity (Wildman–Crippen MR) is 86.8 cm³/mol. The van der Waals surface area contributed by atoms with Crippen LogP contribution in [0.1, 0.15) is 15.2 Å². The molecular weight excluding hydrogens is 354 g/mol. The van der Waals surface area contributed by atoms with Crippen LogP contribution in [0.2, 0.25) is 0 Å². The Kier molecular flexibility index (Phi) is 4.98. The van der Waals surface area contributed by atoms with E-state index < -0.39 is 5.91 Å². The smallest absolute Gasteiger partial charge is 0.264 e. The van der Waals surface area contributed by atoms with Crippen molar-refractivity contribution >= 4 is 44.8 Å². The zero-order valence-electron chi connectivity index (χ0n) is 11.1. The van der Waals surface area contributed by atoms with Crippen molar-refractivity contribution in [3.63, 3.8) is 0 Å². The summed E-state index contributed by atoms with van der Waals surface area (Å²) >= 11 is 4.63. The van der Waals surface area contributed by atoms with Crippen molar-refractivity contribution in [3.05, 3.63) is 50.6 Å². The van der Waals surface area contributed by atoms with Crippen LogP contribution in [-0.2, 0) is 11.3 Å². The zero-order chi connectivity index (χ0) is 15.4. The van der Waals surface area contributed by atoms with E-state index in [4.69, 9.17) is 11.5 Å². The average Bonchev–Trinajstić information content (AvgIpc) is 2.83. The topological polar surface area (TPSA) is 89.4 Å². The third-order valence-corrected chi connectivity index (χ3v) is 4.35. The van der Waals surface area contributed by atoms with Gasteiger partial charge in [0.1, 0.15) is 6.54 Å². The maximum Gasteiger partial charge on any atom is 0.264 e. The molecule has 0 unspecified atom stereocenters. The summed E-state index contributed by atoms with van der Waals surface area (Å²) in [6.45, 7) is 0.144. The number of carbonyl (C=O) groups is 2. The standard InChI is InChI=1S/C14H14BrN3O2S/c15-12-5-4-11(21-12)14(20)18(8-13(17)19)7-9-2-1-3-10(16)6-9/h1-6H,7-8,16H2,(H2,17,19). The van der Waals surface area contributed by atoms with Crippen LogP contribution in [0.5, 0.6) is 0 Å². The van der Waals surface area contributed by atoms with Crippen LogP contribution in [0.25, 0.3) is 0 Å². The second-order valence-electron chi connectivity index (χ2n) is 4.48. The number of hydrogen-bond acceptors (Lipinski definition) is 4. The normalized spacial score (nSPS) is 10.3. The maximum atomic E-state index is 12.5. The van der Waals surface area contributed by atoms with E-state index in [9.17, 15) is 9.59 Å². The monoisotopic (exact) mass is 367 g/mol. The Morgan fingerprint density at radius 1 is 1.24 bits per heavy atom. The van der Waals surface area contributed by atoms with Gasteiger partial charge in [0.25, 0.3) is 5.91 Å². The Morgan fingerprint density at radius 3 is 2.57 bits per heavy atom. The molecule has 0 radical (unpaired) electrons. The van der Waals surface area contributed by atoms with Gasteiger partial charge in [-0.3, -0.25) is 9.59 Å². The molecule has 4 N–H and O–H groups in total. The first-order chi connectivity index (χ1) is 9.95. The molecule has 1 aromatic carbocycles. The molecule has 0 atom stereocenters. The molecule has 7 heteroatoms. The molecule has 2 amide bonds. The lowest BCUT2D eigenvalue weighted by atomic mass is 10.2. The fraction of sp³-hybridized carbons (Fsp3) is 0.143. The Bertz CT molecular complexity index is 672. The highest BCUT2D eigenvalue weighted by Gasteiger charge is 2.19. The molecular formula is C14H14BrN3O2S. The van der Waals surface area contributed by atoms with Gasteiger partial charge in [0.05, 0.1) is 8.66 Å². The Hall–Kier alpha value is -1.86. The lowest BCUT2D eigenvalue weighted by Gasteiger charge is -2.20. The van der Waals surface area contributed by atoms with Crippen LogP contribution in [-0.4, -0.2) is 23.3 Å². The summed E-state index contributed by atoms with van der Waals surface area (Å²) < 4.78 is 0.855.